The third kappa shape index (κ3) is 4.13. The highest BCUT2D eigenvalue weighted by molar-refractivity contribution is 5.88. The number of nitrogens with one attached hydrogen (secondary N) is 1. The number of hydrogen-bond donors (Lipinski definition) is 2. The number of carbonyl (C=O) groups is 1. The van der Waals surface area contributed by atoms with Crippen molar-refractivity contribution < 1.29 is 4.79 Å². The summed E-state index contributed by atoms with van der Waals surface area (Å²) in [5, 5.41) is 2.73. The van der Waals surface area contributed by atoms with Gasteiger partial charge in [0.25, 0.3) is 0 Å². The maximum absolute atomic E-state index is 10.8. The van der Waals surface area contributed by atoms with Gasteiger partial charge in [0, 0.05) is 18.7 Å². The van der Waals surface area contributed by atoms with Crippen LogP contribution >= 0.6 is 0 Å². The molecule has 15 heavy (non-hydrogen) atoms. The molecule has 0 heterocycles. The molecule has 82 valence electrons. The van der Waals surface area contributed by atoms with Crippen molar-refractivity contribution in [3.05, 3.63) is 29.8 Å². The standard InChI is InChI=1S/C12H18N2O/c1-3-11(13)8-10-4-6-12(7-5-10)14-9(2)15/h4-7,11H,3,8,13H2,1-2H3,(H,14,15). The Hall–Kier alpha value is -1.35. The van der Waals surface area contributed by atoms with Crippen molar-refractivity contribution in [2.45, 2.75) is 32.7 Å². The van der Waals surface area contributed by atoms with Crippen LogP contribution in [0.1, 0.15) is 25.8 Å². The Labute approximate surface area is 90.7 Å². The Balaban J connectivity index is 2.60. The summed E-state index contributed by atoms with van der Waals surface area (Å²) in [4.78, 5) is 10.8. The summed E-state index contributed by atoms with van der Waals surface area (Å²) in [7, 11) is 0. The highest BCUT2D eigenvalue weighted by Crippen LogP contribution is 2.11. The first-order valence-electron chi connectivity index (χ1n) is 5.24. The van der Waals surface area contributed by atoms with Crippen LogP contribution in [0.3, 0.4) is 0 Å². The van der Waals surface area contributed by atoms with Crippen LogP contribution in [0.15, 0.2) is 24.3 Å². The van der Waals surface area contributed by atoms with Crippen LogP contribution in [0.5, 0.6) is 0 Å². The predicted molar refractivity (Wildman–Crippen MR) is 62.7 cm³/mol. The Kier molecular flexibility index (Phi) is 4.31. The monoisotopic (exact) mass is 206 g/mol. The smallest absolute Gasteiger partial charge is 0.221 e. The van der Waals surface area contributed by atoms with Gasteiger partial charge in [-0.25, -0.2) is 0 Å². The second kappa shape index (κ2) is 5.51. The number of anilines is 1. The van der Waals surface area contributed by atoms with Crippen LogP contribution in [0.2, 0.25) is 0 Å². The minimum absolute atomic E-state index is 0.0481. The molecule has 1 atom stereocenters. The summed E-state index contributed by atoms with van der Waals surface area (Å²) in [5.74, 6) is -0.0481. The third-order valence-electron chi connectivity index (χ3n) is 2.30. The van der Waals surface area contributed by atoms with E-state index in [-0.39, 0.29) is 11.9 Å². The zero-order valence-corrected chi connectivity index (χ0v) is 9.29. The molecular weight excluding hydrogens is 188 g/mol. The van der Waals surface area contributed by atoms with Gasteiger partial charge in [-0.2, -0.15) is 0 Å². The van der Waals surface area contributed by atoms with Crippen molar-refractivity contribution in [3.63, 3.8) is 0 Å². The molecule has 3 nitrogen and oxygen atoms in total. The molecule has 0 fully saturated rings. The van der Waals surface area contributed by atoms with Crippen molar-refractivity contribution in [2.24, 2.45) is 5.73 Å². The highest BCUT2D eigenvalue weighted by atomic mass is 16.1. The van der Waals surface area contributed by atoms with Crippen LogP contribution in [0.25, 0.3) is 0 Å². The quantitative estimate of drug-likeness (QED) is 0.790. The second-order valence-corrected chi connectivity index (χ2v) is 3.75. The molecule has 0 aromatic heterocycles. The van der Waals surface area contributed by atoms with Crippen LogP contribution in [-0.4, -0.2) is 11.9 Å². The highest BCUT2D eigenvalue weighted by Gasteiger charge is 2.01. The van der Waals surface area contributed by atoms with Crippen molar-refractivity contribution in [3.8, 4) is 0 Å². The molecule has 3 N–H and O–H groups in total. The van der Waals surface area contributed by atoms with E-state index in [1.165, 1.54) is 12.5 Å². The first-order valence-corrected chi connectivity index (χ1v) is 5.24. The van der Waals surface area contributed by atoms with Crippen molar-refractivity contribution in [1.29, 1.82) is 0 Å². The molecule has 1 unspecified atom stereocenters. The van der Waals surface area contributed by atoms with Crippen LogP contribution in [-0.2, 0) is 11.2 Å². The number of carbonyl (C=O) groups excluding carboxylic acids is 1. The van der Waals surface area contributed by atoms with Crippen molar-refractivity contribution in [1.82, 2.24) is 0 Å². The molecule has 0 bridgehead atoms. The first kappa shape index (κ1) is 11.7. The van der Waals surface area contributed by atoms with E-state index in [2.05, 4.69) is 12.2 Å². The molecule has 1 rings (SSSR count). The van der Waals surface area contributed by atoms with Crippen LogP contribution in [0, 0.1) is 0 Å². The normalized spacial score (nSPS) is 12.2. The van der Waals surface area contributed by atoms with Gasteiger partial charge in [-0.15, -0.1) is 0 Å². The summed E-state index contributed by atoms with van der Waals surface area (Å²) in [6.07, 6.45) is 1.87. The number of benzene rings is 1. The zero-order chi connectivity index (χ0) is 11.3. The lowest BCUT2D eigenvalue weighted by Crippen LogP contribution is -2.21. The zero-order valence-electron chi connectivity index (χ0n) is 9.29. The van der Waals surface area contributed by atoms with Gasteiger partial charge in [0.1, 0.15) is 0 Å². The van der Waals surface area contributed by atoms with Gasteiger partial charge in [-0.3, -0.25) is 4.79 Å². The summed E-state index contributed by atoms with van der Waals surface area (Å²) >= 11 is 0. The van der Waals surface area contributed by atoms with E-state index in [0.717, 1.165) is 18.5 Å². The lowest BCUT2D eigenvalue weighted by Gasteiger charge is -2.09. The second-order valence-electron chi connectivity index (χ2n) is 3.75. The van der Waals surface area contributed by atoms with Gasteiger partial charge in [0.15, 0.2) is 0 Å². The molecule has 1 amide bonds. The van der Waals surface area contributed by atoms with Crippen LogP contribution < -0.4 is 11.1 Å². The van der Waals surface area contributed by atoms with E-state index in [1.54, 1.807) is 0 Å². The van der Waals surface area contributed by atoms with Crippen LogP contribution in [0.4, 0.5) is 5.69 Å². The van der Waals surface area contributed by atoms with Crippen molar-refractivity contribution >= 4 is 11.6 Å². The maximum atomic E-state index is 10.8. The molecule has 3 heteroatoms. The fraction of sp³-hybridized carbons (Fsp3) is 0.417. The van der Waals surface area contributed by atoms with Gasteiger partial charge in [0.05, 0.1) is 0 Å². The summed E-state index contributed by atoms with van der Waals surface area (Å²) in [6.45, 7) is 3.58. The first-order chi connectivity index (χ1) is 7.11. The minimum Gasteiger partial charge on any atom is -0.327 e. The molecule has 0 saturated carbocycles. The summed E-state index contributed by atoms with van der Waals surface area (Å²) < 4.78 is 0. The minimum atomic E-state index is -0.0481. The lowest BCUT2D eigenvalue weighted by atomic mass is 10.0. The van der Waals surface area contributed by atoms with Gasteiger partial charge < -0.3 is 11.1 Å². The molecule has 1 aromatic rings. The third-order valence-corrected chi connectivity index (χ3v) is 2.30. The maximum Gasteiger partial charge on any atom is 0.221 e. The number of nitrogens with two attached hydrogens (primary N) is 1. The number of rotatable bonds is 4. The fourth-order valence-electron chi connectivity index (χ4n) is 1.37. The lowest BCUT2D eigenvalue weighted by molar-refractivity contribution is -0.114. The predicted octanol–water partition coefficient (Wildman–Crippen LogP) is 1.92. The Bertz CT molecular complexity index is 319. The molecule has 0 aliphatic heterocycles. The Morgan fingerprint density at radius 1 is 1.40 bits per heavy atom. The molecule has 1 aromatic carbocycles. The molecule has 0 saturated heterocycles. The number of hydrogen-bond acceptors (Lipinski definition) is 2. The van der Waals surface area contributed by atoms with E-state index in [9.17, 15) is 4.79 Å². The molecular formula is C12H18N2O. The molecule has 0 radical (unpaired) electrons. The topological polar surface area (TPSA) is 55.1 Å². The van der Waals surface area contributed by atoms with E-state index < -0.39 is 0 Å². The van der Waals surface area contributed by atoms with Gasteiger partial charge >= 0.3 is 0 Å². The van der Waals surface area contributed by atoms with E-state index in [0.29, 0.717) is 0 Å². The van der Waals surface area contributed by atoms with E-state index in [4.69, 9.17) is 5.73 Å². The average Bonchev–Trinajstić information content (AvgIpc) is 2.20. The summed E-state index contributed by atoms with van der Waals surface area (Å²) in [6, 6.07) is 8.02. The van der Waals surface area contributed by atoms with Crippen molar-refractivity contribution in [2.75, 3.05) is 5.32 Å². The van der Waals surface area contributed by atoms with Gasteiger partial charge in [0.2, 0.25) is 5.91 Å². The van der Waals surface area contributed by atoms with Gasteiger partial charge in [-0.1, -0.05) is 19.1 Å². The van der Waals surface area contributed by atoms with Gasteiger partial charge in [-0.05, 0) is 30.5 Å². The number of amides is 1. The SMILES string of the molecule is CCC(N)Cc1ccc(NC(C)=O)cc1. The Morgan fingerprint density at radius 2 is 2.00 bits per heavy atom. The molecule has 0 spiro atoms. The average molecular weight is 206 g/mol. The largest absolute Gasteiger partial charge is 0.327 e. The Morgan fingerprint density at radius 3 is 2.47 bits per heavy atom. The summed E-state index contributed by atoms with van der Waals surface area (Å²) in [5.41, 5.74) is 7.89. The molecule has 0 aliphatic rings. The molecule has 0 aliphatic carbocycles. The fourth-order valence-corrected chi connectivity index (χ4v) is 1.37. The van der Waals surface area contributed by atoms with E-state index >= 15 is 0 Å². The van der Waals surface area contributed by atoms with E-state index in [1.807, 2.05) is 24.3 Å².